The molecular weight excluding hydrogens is 687 g/mol. The van der Waals surface area contributed by atoms with Crippen LogP contribution in [0.5, 0.6) is 0 Å². The van der Waals surface area contributed by atoms with Crippen molar-refractivity contribution in [3.8, 4) is 33.4 Å². The molecule has 0 aliphatic rings. The van der Waals surface area contributed by atoms with Crippen LogP contribution in [-0.4, -0.2) is 0 Å². The molecule has 0 aliphatic carbocycles. The molecule has 0 fully saturated rings. The summed E-state index contributed by atoms with van der Waals surface area (Å²) in [6, 6.07) is 72.1. The summed E-state index contributed by atoms with van der Waals surface area (Å²) < 4.78 is 9.28. The Morgan fingerprint density at radius 3 is 1.93 bits per heavy atom. The van der Waals surface area contributed by atoms with Gasteiger partial charge in [-0.05, 0) is 92.7 Å². The lowest BCUT2D eigenvalue weighted by atomic mass is 9.95. The van der Waals surface area contributed by atoms with E-state index in [0.717, 1.165) is 44.6 Å². The summed E-state index contributed by atoms with van der Waals surface area (Å²) in [6.07, 6.45) is 0. The fourth-order valence-electron chi connectivity index (χ4n) is 8.27. The van der Waals surface area contributed by atoms with E-state index in [9.17, 15) is 0 Å². The molecule has 55 heavy (non-hydrogen) atoms. The monoisotopic (exact) mass is 719 g/mol. The SMILES string of the molecule is c1cc(-c2cccc(N(c3ccc(-c4cccc5c4sc4ccccc45)cc3)c3cccc4c3oc3ccccc34)c2)cc(-c2cccc3ccccc23)c1. The van der Waals surface area contributed by atoms with Crippen LogP contribution in [0, 0.1) is 0 Å². The molecule has 3 heteroatoms. The third-order valence-electron chi connectivity index (χ3n) is 10.9. The highest BCUT2D eigenvalue weighted by Crippen LogP contribution is 2.45. The van der Waals surface area contributed by atoms with Gasteiger partial charge in [-0.2, -0.15) is 0 Å². The van der Waals surface area contributed by atoms with Gasteiger partial charge in [0.15, 0.2) is 5.58 Å². The zero-order chi connectivity index (χ0) is 36.3. The molecule has 0 unspecified atom stereocenters. The van der Waals surface area contributed by atoms with Gasteiger partial charge in [0.25, 0.3) is 0 Å². The number of rotatable bonds is 6. The van der Waals surface area contributed by atoms with Gasteiger partial charge in [0, 0.05) is 42.3 Å². The maximum Gasteiger partial charge on any atom is 0.159 e. The molecule has 0 spiro atoms. The third-order valence-corrected chi connectivity index (χ3v) is 12.1. The summed E-state index contributed by atoms with van der Waals surface area (Å²) in [6.45, 7) is 0. The summed E-state index contributed by atoms with van der Waals surface area (Å²) in [7, 11) is 0. The molecule has 9 aromatic carbocycles. The highest BCUT2D eigenvalue weighted by molar-refractivity contribution is 7.26. The van der Waals surface area contributed by atoms with Gasteiger partial charge < -0.3 is 9.32 Å². The van der Waals surface area contributed by atoms with E-state index in [1.165, 1.54) is 58.8 Å². The van der Waals surface area contributed by atoms with Crippen LogP contribution in [0.2, 0.25) is 0 Å². The van der Waals surface area contributed by atoms with E-state index < -0.39 is 0 Å². The van der Waals surface area contributed by atoms with Gasteiger partial charge in [-0.15, -0.1) is 11.3 Å². The maximum absolute atomic E-state index is 6.65. The number of para-hydroxylation sites is 2. The van der Waals surface area contributed by atoms with Crippen molar-refractivity contribution >= 4 is 81.3 Å². The van der Waals surface area contributed by atoms with Crippen LogP contribution in [0.1, 0.15) is 0 Å². The summed E-state index contributed by atoms with van der Waals surface area (Å²) in [5, 5.41) is 7.34. The Hall–Kier alpha value is -6.94. The average molecular weight is 720 g/mol. The average Bonchev–Trinajstić information content (AvgIpc) is 3.83. The number of hydrogen-bond donors (Lipinski definition) is 0. The number of anilines is 3. The number of benzene rings is 9. The Bertz CT molecular complexity index is 3220. The minimum atomic E-state index is 0.867. The molecule has 0 saturated carbocycles. The highest BCUT2D eigenvalue weighted by Gasteiger charge is 2.20. The first-order chi connectivity index (χ1) is 27.3. The van der Waals surface area contributed by atoms with E-state index >= 15 is 0 Å². The molecule has 0 radical (unpaired) electrons. The van der Waals surface area contributed by atoms with Gasteiger partial charge in [0.2, 0.25) is 0 Å². The smallest absolute Gasteiger partial charge is 0.159 e. The molecule has 2 heterocycles. The molecule has 11 rings (SSSR count). The number of thiophene rings is 1. The van der Waals surface area contributed by atoms with Crippen molar-refractivity contribution < 1.29 is 4.42 Å². The van der Waals surface area contributed by atoms with E-state index in [0.29, 0.717) is 0 Å². The number of fused-ring (bicyclic) bond motifs is 7. The first-order valence-electron chi connectivity index (χ1n) is 18.7. The Labute approximate surface area is 322 Å². The van der Waals surface area contributed by atoms with Crippen molar-refractivity contribution in [2.24, 2.45) is 0 Å². The number of hydrogen-bond acceptors (Lipinski definition) is 3. The van der Waals surface area contributed by atoms with E-state index in [1.807, 2.05) is 17.4 Å². The van der Waals surface area contributed by atoms with Crippen LogP contribution in [0.4, 0.5) is 17.1 Å². The first kappa shape index (κ1) is 31.6. The van der Waals surface area contributed by atoms with E-state index in [1.54, 1.807) is 0 Å². The largest absolute Gasteiger partial charge is 0.454 e. The molecule has 11 aromatic rings. The zero-order valence-electron chi connectivity index (χ0n) is 29.8. The van der Waals surface area contributed by atoms with Crippen LogP contribution >= 0.6 is 11.3 Å². The second-order valence-electron chi connectivity index (χ2n) is 14.1. The van der Waals surface area contributed by atoms with Gasteiger partial charge in [-0.1, -0.05) is 152 Å². The minimum Gasteiger partial charge on any atom is -0.454 e. The van der Waals surface area contributed by atoms with Crippen LogP contribution in [0.15, 0.2) is 205 Å². The molecule has 0 saturated heterocycles. The fourth-order valence-corrected chi connectivity index (χ4v) is 9.51. The molecule has 2 aromatic heterocycles. The molecule has 0 bridgehead atoms. The second-order valence-corrected chi connectivity index (χ2v) is 15.1. The molecular formula is C52H33NOS. The van der Waals surface area contributed by atoms with Crippen LogP contribution in [0.25, 0.3) is 86.3 Å². The number of furan rings is 1. The molecule has 2 nitrogen and oxygen atoms in total. The van der Waals surface area contributed by atoms with Gasteiger partial charge in [-0.3, -0.25) is 0 Å². The van der Waals surface area contributed by atoms with Crippen molar-refractivity contribution in [2.45, 2.75) is 0 Å². The second kappa shape index (κ2) is 12.9. The lowest BCUT2D eigenvalue weighted by Crippen LogP contribution is -2.10. The summed E-state index contributed by atoms with van der Waals surface area (Å²) in [5.41, 5.74) is 12.1. The molecule has 0 aliphatic heterocycles. The molecule has 0 amide bonds. The predicted octanol–water partition coefficient (Wildman–Crippen LogP) is 15.6. The van der Waals surface area contributed by atoms with Crippen LogP contribution in [0.3, 0.4) is 0 Å². The molecule has 0 atom stereocenters. The Morgan fingerprint density at radius 1 is 0.382 bits per heavy atom. The first-order valence-corrected chi connectivity index (χ1v) is 19.5. The molecule has 0 N–H and O–H groups in total. The van der Waals surface area contributed by atoms with Crippen molar-refractivity contribution in [2.75, 3.05) is 4.90 Å². The fraction of sp³-hybridized carbons (Fsp3) is 0. The van der Waals surface area contributed by atoms with Crippen molar-refractivity contribution in [1.29, 1.82) is 0 Å². The Morgan fingerprint density at radius 2 is 1.02 bits per heavy atom. The van der Waals surface area contributed by atoms with E-state index in [-0.39, 0.29) is 0 Å². The summed E-state index contributed by atoms with van der Waals surface area (Å²) in [5.74, 6) is 0. The Balaban J connectivity index is 1.06. The van der Waals surface area contributed by atoms with E-state index in [2.05, 4.69) is 199 Å². The third kappa shape index (κ3) is 5.32. The van der Waals surface area contributed by atoms with Gasteiger partial charge >= 0.3 is 0 Å². The van der Waals surface area contributed by atoms with Crippen LogP contribution < -0.4 is 4.90 Å². The van der Waals surface area contributed by atoms with Crippen LogP contribution in [-0.2, 0) is 0 Å². The minimum absolute atomic E-state index is 0.867. The van der Waals surface area contributed by atoms with Crippen molar-refractivity contribution in [3.05, 3.63) is 200 Å². The van der Waals surface area contributed by atoms with Gasteiger partial charge in [-0.25, -0.2) is 0 Å². The highest BCUT2D eigenvalue weighted by atomic mass is 32.1. The standard InChI is InChI=1S/C52H33NOS/c1-2-18-41-34(12-1)13-9-21-42(41)38-16-7-14-36(32-38)37-15-8-17-40(33-37)53(48-25-11-23-46-44-19-3-5-26-49(44)54-51(46)48)39-30-28-35(29-31-39)43-22-10-24-47-45-20-4-6-27-50(45)55-52(43)47/h1-33H. The summed E-state index contributed by atoms with van der Waals surface area (Å²) in [4.78, 5) is 2.34. The summed E-state index contributed by atoms with van der Waals surface area (Å²) >= 11 is 1.87. The van der Waals surface area contributed by atoms with Crippen molar-refractivity contribution in [3.63, 3.8) is 0 Å². The van der Waals surface area contributed by atoms with Crippen molar-refractivity contribution in [1.82, 2.24) is 0 Å². The zero-order valence-corrected chi connectivity index (χ0v) is 30.6. The quantitative estimate of drug-likeness (QED) is 0.170. The Kier molecular flexibility index (Phi) is 7.39. The lowest BCUT2D eigenvalue weighted by molar-refractivity contribution is 0.669. The molecule has 258 valence electrons. The lowest BCUT2D eigenvalue weighted by Gasteiger charge is -2.26. The predicted molar refractivity (Wildman–Crippen MR) is 235 cm³/mol. The normalized spacial score (nSPS) is 11.6. The maximum atomic E-state index is 6.65. The van der Waals surface area contributed by atoms with E-state index in [4.69, 9.17) is 4.42 Å². The van der Waals surface area contributed by atoms with Gasteiger partial charge in [0.1, 0.15) is 5.58 Å². The topological polar surface area (TPSA) is 16.4 Å². The van der Waals surface area contributed by atoms with Gasteiger partial charge in [0.05, 0.1) is 5.69 Å². The number of nitrogens with zero attached hydrogens (tertiary/aromatic N) is 1.